The third kappa shape index (κ3) is 5.82. The van der Waals surface area contributed by atoms with E-state index in [9.17, 15) is 22.0 Å². The monoisotopic (exact) mass is 492 g/mol. The molecular formula is C25H21F5N2O3. The van der Waals surface area contributed by atoms with Gasteiger partial charge < -0.3 is 19.1 Å². The van der Waals surface area contributed by atoms with Crippen LogP contribution in [0.1, 0.15) is 24.8 Å². The Kier molecular flexibility index (Phi) is 6.81. The number of ether oxygens (including phenoxy) is 3. The van der Waals surface area contributed by atoms with Gasteiger partial charge in [-0.15, -0.1) is 0 Å². The maximum absolute atomic E-state index is 14.2. The molecule has 0 aliphatic carbocycles. The van der Waals surface area contributed by atoms with Gasteiger partial charge >= 0.3 is 6.18 Å². The molecule has 0 radical (unpaired) electrons. The second-order valence-electron chi connectivity index (χ2n) is 7.94. The van der Waals surface area contributed by atoms with E-state index in [1.54, 1.807) is 29.5 Å². The highest BCUT2D eigenvalue weighted by atomic mass is 19.4. The molecule has 35 heavy (non-hydrogen) atoms. The second-order valence-corrected chi connectivity index (χ2v) is 7.94. The molecule has 10 heteroatoms. The lowest BCUT2D eigenvalue weighted by Gasteiger charge is -2.29. The van der Waals surface area contributed by atoms with Gasteiger partial charge in [0.1, 0.15) is 11.6 Å². The van der Waals surface area contributed by atoms with Crippen LogP contribution in [0, 0.1) is 11.6 Å². The lowest BCUT2D eigenvalue weighted by Crippen LogP contribution is -2.20. The Labute approximate surface area is 198 Å². The van der Waals surface area contributed by atoms with Gasteiger partial charge in [0, 0.05) is 35.6 Å². The summed E-state index contributed by atoms with van der Waals surface area (Å²) in [5, 5.41) is 0. The van der Waals surface area contributed by atoms with Crippen LogP contribution in [0.5, 0.6) is 17.4 Å². The van der Waals surface area contributed by atoms with E-state index in [1.165, 1.54) is 24.4 Å². The summed E-state index contributed by atoms with van der Waals surface area (Å²) in [6.07, 6.45) is 3.92. The molecule has 0 bridgehead atoms. The van der Waals surface area contributed by atoms with E-state index in [2.05, 4.69) is 11.6 Å². The molecule has 2 aromatic rings. The van der Waals surface area contributed by atoms with Crippen LogP contribution < -0.4 is 14.2 Å². The van der Waals surface area contributed by atoms with Crippen molar-refractivity contribution in [1.82, 2.24) is 9.88 Å². The van der Waals surface area contributed by atoms with Gasteiger partial charge in [0.15, 0.2) is 23.9 Å². The first-order valence-corrected chi connectivity index (χ1v) is 10.6. The zero-order valence-corrected chi connectivity index (χ0v) is 18.6. The van der Waals surface area contributed by atoms with Crippen molar-refractivity contribution >= 4 is 0 Å². The maximum Gasteiger partial charge on any atom is 0.422 e. The Morgan fingerprint density at radius 2 is 2.09 bits per heavy atom. The summed E-state index contributed by atoms with van der Waals surface area (Å²) >= 11 is 0. The highest BCUT2D eigenvalue weighted by Crippen LogP contribution is 2.40. The number of allylic oxidation sites excluding steroid dienone is 3. The molecule has 0 N–H and O–H groups in total. The molecule has 184 valence electrons. The predicted molar refractivity (Wildman–Crippen MR) is 118 cm³/mol. The van der Waals surface area contributed by atoms with Crippen LogP contribution in [-0.4, -0.2) is 29.3 Å². The molecule has 1 aromatic heterocycles. The summed E-state index contributed by atoms with van der Waals surface area (Å²) in [6, 6.07) is 4.80. The van der Waals surface area contributed by atoms with E-state index in [1.807, 2.05) is 6.92 Å². The average Bonchev–Trinajstić information content (AvgIpc) is 2.79. The molecule has 0 amide bonds. The van der Waals surface area contributed by atoms with E-state index < -0.39 is 24.4 Å². The lowest BCUT2D eigenvalue weighted by molar-refractivity contribution is -0.153. The van der Waals surface area contributed by atoms with Gasteiger partial charge in [-0.3, -0.25) is 0 Å². The molecule has 0 fully saturated rings. The fraction of sp³-hybridized carbons (Fsp3) is 0.240. The van der Waals surface area contributed by atoms with Crippen LogP contribution in [0.4, 0.5) is 22.0 Å². The molecule has 5 nitrogen and oxygen atoms in total. The minimum Gasteiger partial charge on any atom is -0.490 e. The largest absolute Gasteiger partial charge is 0.490 e. The normalized spacial score (nSPS) is 18.1. The van der Waals surface area contributed by atoms with Crippen LogP contribution in [0.3, 0.4) is 0 Å². The predicted octanol–water partition coefficient (Wildman–Crippen LogP) is 6.38. The van der Waals surface area contributed by atoms with Crippen molar-refractivity contribution in [1.29, 1.82) is 0 Å². The molecule has 2 aliphatic heterocycles. The van der Waals surface area contributed by atoms with E-state index >= 15 is 0 Å². The van der Waals surface area contributed by atoms with Gasteiger partial charge in [0.25, 0.3) is 5.88 Å². The molecule has 4 rings (SSSR count). The van der Waals surface area contributed by atoms with Crippen LogP contribution >= 0.6 is 0 Å². The Morgan fingerprint density at radius 1 is 1.29 bits per heavy atom. The number of nitrogens with zero attached hydrogens (tertiary/aromatic N) is 2. The summed E-state index contributed by atoms with van der Waals surface area (Å²) in [5.74, 6) is -1.73. The lowest BCUT2D eigenvalue weighted by atomic mass is 9.87. The number of pyridine rings is 1. The number of hydrogen-bond acceptors (Lipinski definition) is 5. The van der Waals surface area contributed by atoms with E-state index in [4.69, 9.17) is 14.2 Å². The van der Waals surface area contributed by atoms with Crippen molar-refractivity contribution in [3.05, 3.63) is 95.8 Å². The molecule has 1 unspecified atom stereocenters. The first-order chi connectivity index (χ1) is 16.6. The minimum atomic E-state index is -4.51. The Morgan fingerprint density at radius 3 is 2.86 bits per heavy atom. The average molecular weight is 492 g/mol. The number of rotatable bonds is 6. The van der Waals surface area contributed by atoms with Gasteiger partial charge in [-0.25, -0.2) is 13.8 Å². The summed E-state index contributed by atoms with van der Waals surface area (Å²) < 4.78 is 81.6. The number of aromatic nitrogens is 1. The number of alkyl halides is 3. The molecule has 0 saturated carbocycles. The van der Waals surface area contributed by atoms with Crippen molar-refractivity contribution in [3.8, 4) is 17.4 Å². The quantitative estimate of drug-likeness (QED) is 0.438. The minimum absolute atomic E-state index is 0.0360. The van der Waals surface area contributed by atoms with E-state index in [0.717, 1.165) is 11.6 Å². The standard InChI is InChI=1S/C25H21F5N2O3/c1-15(19-7-9-33-23-20(19)10-17(26)11-21(23)27)12-32-13-18(6-5-16(32)2)35-24-22(4-3-8-31-24)34-14-25(28,29)30/h3-6,8,10-13,19H,2,7,9,14H2,1H3/b15-12+. The Bertz CT molecular complexity index is 1220. The van der Waals surface area contributed by atoms with Crippen LogP contribution in [0.2, 0.25) is 0 Å². The molecule has 0 saturated heterocycles. The smallest absolute Gasteiger partial charge is 0.422 e. The zero-order chi connectivity index (χ0) is 25.2. The van der Waals surface area contributed by atoms with Crippen molar-refractivity contribution in [2.24, 2.45) is 0 Å². The van der Waals surface area contributed by atoms with E-state index in [0.29, 0.717) is 17.7 Å². The third-order valence-electron chi connectivity index (χ3n) is 5.34. The van der Waals surface area contributed by atoms with Crippen LogP contribution in [0.15, 0.2) is 78.6 Å². The molecule has 1 atom stereocenters. The topological polar surface area (TPSA) is 43.8 Å². The van der Waals surface area contributed by atoms with E-state index in [-0.39, 0.29) is 35.7 Å². The van der Waals surface area contributed by atoms with Crippen LogP contribution in [0.25, 0.3) is 0 Å². The van der Waals surface area contributed by atoms with Gasteiger partial charge in [0.05, 0.1) is 12.8 Å². The SMILES string of the molecule is C=C1C=CC(Oc2ncccc2OCC(F)(F)F)=CN1/C=C(\C)C1CCOc2c(F)cc(F)cc21. The molecule has 1 aromatic carbocycles. The van der Waals surface area contributed by atoms with Crippen molar-refractivity contribution < 1.29 is 36.2 Å². The number of fused-ring (bicyclic) bond motifs is 1. The summed E-state index contributed by atoms with van der Waals surface area (Å²) in [6.45, 7) is 4.58. The summed E-state index contributed by atoms with van der Waals surface area (Å²) in [7, 11) is 0. The van der Waals surface area contributed by atoms with Crippen LogP contribution in [-0.2, 0) is 0 Å². The fourth-order valence-corrected chi connectivity index (χ4v) is 3.75. The number of benzene rings is 1. The van der Waals surface area contributed by atoms with Gasteiger partial charge in [0.2, 0.25) is 0 Å². The summed E-state index contributed by atoms with van der Waals surface area (Å²) in [4.78, 5) is 5.61. The highest BCUT2D eigenvalue weighted by molar-refractivity contribution is 5.44. The van der Waals surface area contributed by atoms with Gasteiger partial charge in [-0.05, 0) is 49.3 Å². The maximum atomic E-state index is 14.2. The summed E-state index contributed by atoms with van der Waals surface area (Å²) in [5.41, 5.74) is 1.78. The number of hydrogen-bond donors (Lipinski definition) is 0. The first-order valence-electron chi connectivity index (χ1n) is 10.6. The Hall–Kier alpha value is -3.82. The highest BCUT2D eigenvalue weighted by Gasteiger charge is 2.29. The second kappa shape index (κ2) is 9.81. The molecule has 0 spiro atoms. The Balaban J connectivity index is 1.56. The van der Waals surface area contributed by atoms with Crippen molar-refractivity contribution in [2.45, 2.75) is 25.4 Å². The molecular weight excluding hydrogens is 471 g/mol. The zero-order valence-electron chi connectivity index (χ0n) is 18.6. The number of halogens is 5. The van der Waals surface area contributed by atoms with Gasteiger partial charge in [-0.2, -0.15) is 13.2 Å². The molecule has 3 heterocycles. The molecule has 2 aliphatic rings. The van der Waals surface area contributed by atoms with Crippen molar-refractivity contribution in [2.75, 3.05) is 13.2 Å². The van der Waals surface area contributed by atoms with Crippen molar-refractivity contribution in [3.63, 3.8) is 0 Å². The first kappa shape index (κ1) is 24.3. The fourth-order valence-electron chi connectivity index (χ4n) is 3.75. The van der Waals surface area contributed by atoms with Gasteiger partial charge in [-0.1, -0.05) is 6.58 Å². The third-order valence-corrected chi connectivity index (χ3v) is 5.34.